The van der Waals surface area contributed by atoms with E-state index in [4.69, 9.17) is 4.74 Å². The van der Waals surface area contributed by atoms with Gasteiger partial charge in [-0.2, -0.15) is 0 Å². The minimum Gasteiger partial charge on any atom is -0.439 e. The fourth-order valence-electron chi connectivity index (χ4n) is 2.46. The van der Waals surface area contributed by atoms with Crippen LogP contribution >= 0.6 is 0 Å². The van der Waals surface area contributed by atoms with Crippen LogP contribution in [0.2, 0.25) is 0 Å². The monoisotopic (exact) mass is 315 g/mol. The average molecular weight is 315 g/mol. The fourth-order valence-corrected chi connectivity index (χ4v) is 2.46. The molecule has 1 aromatic heterocycles. The zero-order valence-electron chi connectivity index (χ0n) is 12.6. The molecule has 1 aromatic carbocycles. The number of nitrogens with zero attached hydrogens (tertiary/aromatic N) is 1. The van der Waals surface area contributed by atoms with Gasteiger partial charge < -0.3 is 15.4 Å². The quantitative estimate of drug-likeness (QED) is 0.889. The predicted molar refractivity (Wildman–Crippen MR) is 83.6 cm³/mol. The molecule has 23 heavy (non-hydrogen) atoms. The van der Waals surface area contributed by atoms with Crippen molar-refractivity contribution < 1.29 is 13.9 Å². The second-order valence-electron chi connectivity index (χ2n) is 5.43. The Bertz CT molecular complexity index is 670. The van der Waals surface area contributed by atoms with Crippen LogP contribution in [-0.2, 0) is 11.3 Å². The molecule has 5 nitrogen and oxygen atoms in total. The van der Waals surface area contributed by atoms with E-state index < -0.39 is 0 Å². The summed E-state index contributed by atoms with van der Waals surface area (Å²) in [4.78, 5) is 16.1. The van der Waals surface area contributed by atoms with Gasteiger partial charge in [0.1, 0.15) is 11.6 Å². The molecule has 3 rings (SSSR count). The molecule has 0 radical (unpaired) electrons. The first kappa shape index (κ1) is 15.4. The highest BCUT2D eigenvalue weighted by molar-refractivity contribution is 5.81. The molecule has 0 bridgehead atoms. The number of carbonyl (C=O) groups is 1. The number of benzene rings is 1. The molecule has 1 amide bonds. The Kier molecular flexibility index (Phi) is 4.83. The second-order valence-corrected chi connectivity index (χ2v) is 5.43. The van der Waals surface area contributed by atoms with Crippen molar-refractivity contribution >= 4 is 5.91 Å². The number of ether oxygens (including phenoxy) is 1. The standard InChI is InChI=1S/C17H18FN3O2/c18-13-3-5-14(6-4-13)23-16-10-12(7-9-20-16)11-21-17(22)15-2-1-8-19-15/h3-7,9-10,15,19H,1-2,8,11H2,(H,21,22). The van der Waals surface area contributed by atoms with E-state index in [1.165, 1.54) is 24.3 Å². The Labute approximate surface area is 133 Å². The summed E-state index contributed by atoms with van der Waals surface area (Å²) in [5, 5.41) is 6.07. The summed E-state index contributed by atoms with van der Waals surface area (Å²) < 4.78 is 18.5. The fraction of sp³-hybridized carbons (Fsp3) is 0.294. The number of pyridine rings is 1. The maximum atomic E-state index is 12.9. The van der Waals surface area contributed by atoms with Crippen molar-refractivity contribution in [2.45, 2.75) is 25.4 Å². The average Bonchev–Trinajstić information content (AvgIpc) is 3.10. The van der Waals surface area contributed by atoms with Gasteiger partial charge in [-0.25, -0.2) is 9.37 Å². The summed E-state index contributed by atoms with van der Waals surface area (Å²) in [5.41, 5.74) is 0.892. The lowest BCUT2D eigenvalue weighted by atomic mass is 10.2. The Hall–Kier alpha value is -2.47. The highest BCUT2D eigenvalue weighted by atomic mass is 19.1. The van der Waals surface area contributed by atoms with Crippen LogP contribution in [0.5, 0.6) is 11.6 Å². The van der Waals surface area contributed by atoms with Gasteiger partial charge >= 0.3 is 0 Å². The molecule has 1 aliphatic heterocycles. The first-order valence-corrected chi connectivity index (χ1v) is 7.60. The third-order valence-corrected chi connectivity index (χ3v) is 3.68. The van der Waals surface area contributed by atoms with E-state index in [2.05, 4.69) is 15.6 Å². The van der Waals surface area contributed by atoms with E-state index in [0.29, 0.717) is 18.2 Å². The molecule has 1 fully saturated rings. The number of nitrogens with one attached hydrogen (secondary N) is 2. The SMILES string of the molecule is O=C(NCc1ccnc(Oc2ccc(F)cc2)c1)C1CCCN1. The van der Waals surface area contributed by atoms with Gasteiger partial charge in [-0.15, -0.1) is 0 Å². The first-order valence-electron chi connectivity index (χ1n) is 7.60. The topological polar surface area (TPSA) is 63.2 Å². The molecule has 6 heteroatoms. The molecule has 1 aliphatic rings. The molecule has 0 spiro atoms. The summed E-state index contributed by atoms with van der Waals surface area (Å²) in [6.45, 7) is 1.31. The van der Waals surface area contributed by atoms with Gasteiger partial charge in [0.05, 0.1) is 6.04 Å². The Morgan fingerprint density at radius 2 is 2.17 bits per heavy atom. The lowest BCUT2D eigenvalue weighted by Crippen LogP contribution is -2.39. The van der Waals surface area contributed by atoms with Crippen LogP contribution in [0.25, 0.3) is 0 Å². The molecule has 1 unspecified atom stereocenters. The second kappa shape index (κ2) is 7.19. The van der Waals surface area contributed by atoms with E-state index in [0.717, 1.165) is 24.9 Å². The van der Waals surface area contributed by atoms with Gasteiger partial charge in [-0.3, -0.25) is 4.79 Å². The van der Waals surface area contributed by atoms with Crippen LogP contribution in [0.15, 0.2) is 42.6 Å². The molecule has 0 aliphatic carbocycles. The van der Waals surface area contributed by atoms with Gasteiger partial charge in [0.2, 0.25) is 11.8 Å². The molecule has 1 atom stereocenters. The number of halogens is 1. The van der Waals surface area contributed by atoms with Crippen LogP contribution in [0.4, 0.5) is 4.39 Å². The van der Waals surface area contributed by atoms with Crippen LogP contribution in [0, 0.1) is 5.82 Å². The number of hydrogen-bond donors (Lipinski definition) is 2. The van der Waals surface area contributed by atoms with Crippen molar-refractivity contribution in [3.05, 3.63) is 54.0 Å². The van der Waals surface area contributed by atoms with Crippen molar-refractivity contribution in [1.29, 1.82) is 0 Å². The Morgan fingerprint density at radius 3 is 2.91 bits per heavy atom. The van der Waals surface area contributed by atoms with E-state index in [9.17, 15) is 9.18 Å². The van der Waals surface area contributed by atoms with Crippen molar-refractivity contribution in [3.8, 4) is 11.6 Å². The number of aromatic nitrogens is 1. The molecule has 1 saturated heterocycles. The van der Waals surface area contributed by atoms with Gasteiger partial charge in [-0.05, 0) is 55.3 Å². The van der Waals surface area contributed by atoms with E-state index in [-0.39, 0.29) is 17.8 Å². The number of rotatable bonds is 5. The lowest BCUT2D eigenvalue weighted by Gasteiger charge is -2.11. The van der Waals surface area contributed by atoms with Crippen LogP contribution < -0.4 is 15.4 Å². The van der Waals surface area contributed by atoms with E-state index >= 15 is 0 Å². The summed E-state index contributed by atoms with van der Waals surface area (Å²) >= 11 is 0. The highest BCUT2D eigenvalue weighted by Gasteiger charge is 2.21. The number of amides is 1. The van der Waals surface area contributed by atoms with Crippen molar-refractivity contribution in [2.75, 3.05) is 6.54 Å². The smallest absolute Gasteiger partial charge is 0.237 e. The molecule has 2 N–H and O–H groups in total. The molecule has 2 aromatic rings. The maximum absolute atomic E-state index is 12.9. The maximum Gasteiger partial charge on any atom is 0.237 e. The summed E-state index contributed by atoms with van der Waals surface area (Å²) in [6, 6.07) is 9.22. The van der Waals surface area contributed by atoms with Crippen molar-refractivity contribution in [3.63, 3.8) is 0 Å². The minimum absolute atomic E-state index is 0.0142. The van der Waals surface area contributed by atoms with Gasteiger partial charge in [0.25, 0.3) is 0 Å². The third-order valence-electron chi connectivity index (χ3n) is 3.68. The first-order chi connectivity index (χ1) is 11.2. The van der Waals surface area contributed by atoms with Gasteiger partial charge in [-0.1, -0.05) is 0 Å². The number of carbonyl (C=O) groups excluding carboxylic acids is 1. The molecule has 2 heterocycles. The Balaban J connectivity index is 1.58. The van der Waals surface area contributed by atoms with Crippen LogP contribution in [0.1, 0.15) is 18.4 Å². The van der Waals surface area contributed by atoms with Gasteiger partial charge in [0, 0.05) is 18.8 Å². The van der Waals surface area contributed by atoms with Crippen molar-refractivity contribution in [1.82, 2.24) is 15.6 Å². The third kappa shape index (κ3) is 4.26. The van der Waals surface area contributed by atoms with E-state index in [1.807, 2.05) is 6.07 Å². The molecular weight excluding hydrogens is 297 g/mol. The normalized spacial score (nSPS) is 17.0. The largest absolute Gasteiger partial charge is 0.439 e. The van der Waals surface area contributed by atoms with Crippen LogP contribution in [-0.4, -0.2) is 23.5 Å². The summed E-state index contributed by atoms with van der Waals surface area (Å²) in [7, 11) is 0. The molecular formula is C17H18FN3O2. The van der Waals surface area contributed by atoms with Crippen LogP contribution in [0.3, 0.4) is 0 Å². The highest BCUT2D eigenvalue weighted by Crippen LogP contribution is 2.20. The zero-order chi connectivity index (χ0) is 16.1. The predicted octanol–water partition coefficient (Wildman–Crippen LogP) is 2.38. The number of hydrogen-bond acceptors (Lipinski definition) is 4. The summed E-state index contributed by atoms with van der Waals surface area (Å²) in [6.07, 6.45) is 3.53. The van der Waals surface area contributed by atoms with E-state index in [1.54, 1.807) is 12.3 Å². The zero-order valence-corrected chi connectivity index (χ0v) is 12.6. The minimum atomic E-state index is -0.317. The Morgan fingerprint density at radius 1 is 1.35 bits per heavy atom. The molecule has 0 saturated carbocycles. The molecule has 120 valence electrons. The van der Waals surface area contributed by atoms with Crippen molar-refractivity contribution in [2.24, 2.45) is 0 Å². The lowest BCUT2D eigenvalue weighted by molar-refractivity contribution is -0.122. The summed E-state index contributed by atoms with van der Waals surface area (Å²) in [5.74, 6) is 0.611. The van der Waals surface area contributed by atoms with Gasteiger partial charge in [0.15, 0.2) is 0 Å².